The molecule has 0 radical (unpaired) electrons. The van der Waals surface area contributed by atoms with Crippen molar-refractivity contribution in [3.63, 3.8) is 0 Å². The Morgan fingerprint density at radius 1 is 0.857 bits per heavy atom. The summed E-state index contributed by atoms with van der Waals surface area (Å²) in [4.78, 5) is 26.3. The highest BCUT2D eigenvalue weighted by Crippen LogP contribution is 2.30. The molecule has 4 rings (SSSR count). The molecule has 1 saturated heterocycles. The van der Waals surface area contributed by atoms with Crippen molar-refractivity contribution in [2.24, 2.45) is 0 Å². The predicted octanol–water partition coefficient (Wildman–Crippen LogP) is 3.91. The topological polar surface area (TPSA) is 49.3 Å². The molecule has 1 aromatic heterocycles. The minimum absolute atomic E-state index is 0.0903. The van der Waals surface area contributed by atoms with Crippen molar-refractivity contribution in [1.29, 1.82) is 0 Å². The number of nitrogens with zero attached hydrogens (tertiary/aromatic N) is 4. The van der Waals surface area contributed by atoms with E-state index in [9.17, 15) is 4.79 Å². The van der Waals surface area contributed by atoms with Crippen molar-refractivity contribution in [1.82, 2.24) is 14.9 Å². The lowest BCUT2D eigenvalue weighted by atomic mass is 10.1. The Morgan fingerprint density at radius 3 is 2.11 bits per heavy atom. The summed E-state index contributed by atoms with van der Waals surface area (Å²) >= 11 is 0. The van der Waals surface area contributed by atoms with Gasteiger partial charge in [-0.1, -0.05) is 48.0 Å². The maximum atomic E-state index is 12.3. The van der Waals surface area contributed by atoms with Gasteiger partial charge in [-0.3, -0.25) is 4.79 Å². The van der Waals surface area contributed by atoms with Crippen molar-refractivity contribution in [2.75, 3.05) is 31.1 Å². The molecule has 2 heterocycles. The van der Waals surface area contributed by atoms with E-state index in [2.05, 4.69) is 17.0 Å². The molecule has 0 aliphatic carbocycles. The minimum atomic E-state index is 0.0903. The van der Waals surface area contributed by atoms with Crippen LogP contribution in [-0.4, -0.2) is 47.0 Å². The molecule has 5 heteroatoms. The summed E-state index contributed by atoms with van der Waals surface area (Å²) in [5, 5.41) is 0. The second kappa shape index (κ2) is 7.80. The molecule has 3 aromatic rings. The Morgan fingerprint density at radius 2 is 1.46 bits per heavy atom. The maximum Gasteiger partial charge on any atom is 0.246 e. The van der Waals surface area contributed by atoms with Gasteiger partial charge in [0.1, 0.15) is 5.69 Å². The van der Waals surface area contributed by atoms with Gasteiger partial charge in [-0.2, -0.15) is 0 Å². The zero-order valence-corrected chi connectivity index (χ0v) is 16.3. The Labute approximate surface area is 165 Å². The van der Waals surface area contributed by atoms with Crippen molar-refractivity contribution in [3.8, 4) is 11.3 Å². The number of hydrogen-bond acceptors (Lipinski definition) is 4. The molecule has 2 aromatic carbocycles. The average Bonchev–Trinajstić information content (AvgIpc) is 2.73. The molecule has 1 amide bonds. The lowest BCUT2D eigenvalue weighted by Crippen LogP contribution is -2.48. The normalized spacial score (nSPS) is 14.2. The molecular weight excluding hydrogens is 348 g/mol. The number of anilines is 1. The van der Waals surface area contributed by atoms with E-state index in [0.29, 0.717) is 13.1 Å². The van der Waals surface area contributed by atoms with Gasteiger partial charge in [0, 0.05) is 37.8 Å². The van der Waals surface area contributed by atoms with Gasteiger partial charge in [-0.25, -0.2) is 9.97 Å². The van der Waals surface area contributed by atoms with Gasteiger partial charge in [0.15, 0.2) is 5.82 Å². The first-order valence-electron chi connectivity index (χ1n) is 9.63. The van der Waals surface area contributed by atoms with Crippen LogP contribution in [0, 0.1) is 0 Å². The molecule has 0 N–H and O–H groups in total. The fraction of sp³-hybridized carbons (Fsp3) is 0.261. The van der Waals surface area contributed by atoms with E-state index in [0.717, 1.165) is 46.8 Å². The fourth-order valence-electron chi connectivity index (χ4n) is 3.48. The molecule has 0 spiro atoms. The predicted molar refractivity (Wildman–Crippen MR) is 113 cm³/mol. The van der Waals surface area contributed by atoms with Gasteiger partial charge < -0.3 is 9.80 Å². The number of allylic oxidation sites excluding steroid dienone is 1. The zero-order valence-electron chi connectivity index (χ0n) is 16.3. The van der Waals surface area contributed by atoms with Crippen LogP contribution in [0.5, 0.6) is 0 Å². The molecule has 0 saturated carbocycles. The number of carbonyl (C=O) groups excluding carboxylic acids is 1. The van der Waals surface area contributed by atoms with Gasteiger partial charge in [-0.05, 0) is 26.0 Å². The SMILES string of the molecule is CC(C)=CC(=O)N1CCN(c2nc3ccccc3nc2-c2ccccc2)CC1. The Hall–Kier alpha value is -3.21. The van der Waals surface area contributed by atoms with E-state index in [-0.39, 0.29) is 5.91 Å². The van der Waals surface area contributed by atoms with E-state index in [4.69, 9.17) is 9.97 Å². The highest BCUT2D eigenvalue weighted by Gasteiger charge is 2.24. The highest BCUT2D eigenvalue weighted by atomic mass is 16.2. The van der Waals surface area contributed by atoms with Crippen LogP contribution in [-0.2, 0) is 4.79 Å². The molecule has 1 aliphatic heterocycles. The molecule has 5 nitrogen and oxygen atoms in total. The second-order valence-corrected chi connectivity index (χ2v) is 7.28. The summed E-state index contributed by atoms with van der Waals surface area (Å²) in [6, 6.07) is 18.1. The maximum absolute atomic E-state index is 12.3. The zero-order chi connectivity index (χ0) is 19.5. The van der Waals surface area contributed by atoms with Crippen molar-refractivity contribution >= 4 is 22.8 Å². The first-order valence-corrected chi connectivity index (χ1v) is 9.63. The number of fused-ring (bicyclic) bond motifs is 1. The summed E-state index contributed by atoms with van der Waals surface area (Å²) in [5.74, 6) is 0.978. The Kier molecular flexibility index (Phi) is 5.06. The van der Waals surface area contributed by atoms with Crippen LogP contribution >= 0.6 is 0 Å². The number of aromatic nitrogens is 2. The molecule has 0 unspecified atom stereocenters. The largest absolute Gasteiger partial charge is 0.351 e. The monoisotopic (exact) mass is 372 g/mol. The smallest absolute Gasteiger partial charge is 0.246 e. The minimum Gasteiger partial charge on any atom is -0.351 e. The number of benzene rings is 2. The summed E-state index contributed by atoms with van der Waals surface area (Å²) in [7, 11) is 0. The molecular formula is C23H24N4O. The fourth-order valence-corrected chi connectivity index (χ4v) is 3.48. The van der Waals surface area contributed by atoms with Crippen molar-refractivity contribution < 1.29 is 4.79 Å². The van der Waals surface area contributed by atoms with Crippen molar-refractivity contribution in [2.45, 2.75) is 13.8 Å². The van der Waals surface area contributed by atoms with E-state index in [1.165, 1.54) is 0 Å². The molecule has 0 atom stereocenters. The van der Waals surface area contributed by atoms with Crippen LogP contribution < -0.4 is 4.90 Å². The van der Waals surface area contributed by atoms with E-state index in [1.807, 2.05) is 61.2 Å². The van der Waals surface area contributed by atoms with Gasteiger partial charge >= 0.3 is 0 Å². The lowest BCUT2D eigenvalue weighted by molar-refractivity contribution is -0.126. The molecule has 0 bridgehead atoms. The van der Waals surface area contributed by atoms with Crippen LogP contribution in [0.2, 0.25) is 0 Å². The second-order valence-electron chi connectivity index (χ2n) is 7.28. The lowest BCUT2D eigenvalue weighted by Gasteiger charge is -2.35. The average molecular weight is 372 g/mol. The summed E-state index contributed by atoms with van der Waals surface area (Å²) in [6.45, 7) is 6.76. The van der Waals surface area contributed by atoms with Crippen molar-refractivity contribution in [3.05, 3.63) is 66.2 Å². The Balaban J connectivity index is 1.67. The molecule has 28 heavy (non-hydrogen) atoms. The van der Waals surface area contributed by atoms with Crippen LogP contribution in [0.25, 0.3) is 22.3 Å². The number of piperazine rings is 1. The first-order chi connectivity index (χ1) is 13.6. The number of carbonyl (C=O) groups is 1. The molecule has 1 aliphatic rings. The number of rotatable bonds is 3. The van der Waals surface area contributed by atoms with Gasteiger partial charge in [0.2, 0.25) is 5.91 Å². The van der Waals surface area contributed by atoms with E-state index >= 15 is 0 Å². The first kappa shape index (κ1) is 18.2. The summed E-state index contributed by atoms with van der Waals surface area (Å²) in [6.07, 6.45) is 1.71. The van der Waals surface area contributed by atoms with Crippen LogP contribution in [0.4, 0.5) is 5.82 Å². The van der Waals surface area contributed by atoms with Gasteiger partial charge in [0.05, 0.1) is 11.0 Å². The number of amides is 1. The molecule has 142 valence electrons. The third-order valence-corrected chi connectivity index (χ3v) is 4.90. The van der Waals surface area contributed by atoms with E-state index in [1.54, 1.807) is 6.08 Å². The summed E-state index contributed by atoms with van der Waals surface area (Å²) < 4.78 is 0. The van der Waals surface area contributed by atoms with E-state index < -0.39 is 0 Å². The highest BCUT2D eigenvalue weighted by molar-refractivity contribution is 5.88. The van der Waals surface area contributed by atoms with Crippen LogP contribution in [0.15, 0.2) is 66.2 Å². The summed E-state index contributed by atoms with van der Waals surface area (Å²) in [5.41, 5.74) is 4.75. The Bertz CT molecular complexity index is 1020. The third kappa shape index (κ3) is 3.74. The van der Waals surface area contributed by atoms with Crippen LogP contribution in [0.1, 0.15) is 13.8 Å². The number of hydrogen-bond donors (Lipinski definition) is 0. The van der Waals surface area contributed by atoms with Crippen LogP contribution in [0.3, 0.4) is 0 Å². The van der Waals surface area contributed by atoms with Gasteiger partial charge in [0.25, 0.3) is 0 Å². The quantitative estimate of drug-likeness (QED) is 0.654. The third-order valence-electron chi connectivity index (χ3n) is 4.90. The van der Waals surface area contributed by atoms with Gasteiger partial charge in [-0.15, -0.1) is 0 Å². The molecule has 1 fully saturated rings. The number of para-hydroxylation sites is 2. The standard InChI is InChI=1S/C23H24N4O/c1-17(2)16-21(28)26-12-14-27(15-13-26)23-22(18-8-4-3-5-9-18)24-19-10-6-7-11-20(19)25-23/h3-11,16H,12-15H2,1-2H3.